The van der Waals surface area contributed by atoms with Gasteiger partial charge in [0.05, 0.1) is 0 Å². The first-order valence-electron chi connectivity index (χ1n) is 0.781. The third-order valence-electron chi connectivity index (χ3n) is 0. The van der Waals surface area contributed by atoms with E-state index >= 15 is 0 Å². The van der Waals surface area contributed by atoms with Crippen molar-refractivity contribution in [1.29, 1.82) is 0 Å². The van der Waals surface area contributed by atoms with Gasteiger partial charge < -0.3 is 11.5 Å². The van der Waals surface area contributed by atoms with Crippen molar-refractivity contribution >= 4 is 6.03 Å². The monoisotopic (exact) mass is 124 g/mol. The van der Waals surface area contributed by atoms with E-state index in [0.29, 0.717) is 0 Å². The molecule has 0 saturated carbocycles. The van der Waals surface area contributed by atoms with Crippen molar-refractivity contribution in [1.82, 2.24) is 0 Å². The van der Waals surface area contributed by atoms with Gasteiger partial charge >= 0.3 is 25.5 Å². The summed E-state index contributed by atoms with van der Waals surface area (Å²) in [5, 5.41) is 0. The summed E-state index contributed by atoms with van der Waals surface area (Å²) in [5.41, 5.74) is 8.50. The first kappa shape index (κ1) is 8.86. The number of hydrogen-bond donors (Lipinski definition) is 2. The van der Waals surface area contributed by atoms with Crippen LogP contribution in [0.25, 0.3) is 0 Å². The molecule has 4 N–H and O–H groups in total. The minimum Gasteiger partial charge on any atom is -0.352 e. The van der Waals surface area contributed by atoms with E-state index in [4.69, 9.17) is 4.79 Å². The molecule has 0 aliphatic carbocycles. The molecule has 0 unspecified atom stereocenters. The van der Waals surface area contributed by atoms with Crippen LogP contribution >= 0.6 is 0 Å². The fourth-order valence-electron chi connectivity index (χ4n) is 0. The molecule has 0 aliphatic heterocycles. The van der Waals surface area contributed by atoms with Crippen molar-refractivity contribution in [2.24, 2.45) is 11.5 Å². The van der Waals surface area contributed by atoms with E-state index in [-0.39, 0.29) is 19.5 Å². The maximum Gasteiger partial charge on any atom is 2.00 e. The molecule has 3 nitrogen and oxygen atoms in total. The summed E-state index contributed by atoms with van der Waals surface area (Å²) in [5.74, 6) is 0. The van der Waals surface area contributed by atoms with E-state index in [1.165, 1.54) is 0 Å². The van der Waals surface area contributed by atoms with Crippen molar-refractivity contribution in [2.75, 3.05) is 0 Å². The first-order chi connectivity index (χ1) is 1.73. The molecule has 0 rings (SSSR count). The molecule has 0 heterocycles. The van der Waals surface area contributed by atoms with Crippen LogP contribution in [0.2, 0.25) is 0 Å². The van der Waals surface area contributed by atoms with Gasteiger partial charge in [-0.1, -0.05) is 0 Å². The zero-order chi connectivity index (χ0) is 3.58. The molecule has 0 saturated heterocycles. The van der Waals surface area contributed by atoms with Gasteiger partial charge in [0.25, 0.3) is 0 Å². The van der Waals surface area contributed by atoms with Gasteiger partial charge in [0.1, 0.15) is 0 Å². The molecule has 5 heavy (non-hydrogen) atoms. The SMILES string of the molecule is NC(N)=O.[Zn+2]. The Morgan fingerprint density at radius 1 is 1.40 bits per heavy atom. The van der Waals surface area contributed by atoms with Crippen LogP contribution in [0.5, 0.6) is 0 Å². The number of carbonyl (C=O) groups excluding carboxylic acids is 1. The Morgan fingerprint density at radius 2 is 1.40 bits per heavy atom. The number of urea groups is 1. The molecule has 0 aromatic heterocycles. The average molecular weight is 125 g/mol. The molecule has 4 heteroatoms. The fourth-order valence-corrected chi connectivity index (χ4v) is 0. The maximum atomic E-state index is 9.00. The van der Waals surface area contributed by atoms with Gasteiger partial charge in [-0.3, -0.25) is 0 Å². The standard InChI is InChI=1S/CH4N2O.Zn/c2-1(3)4;/h(H4,2,3,4);/q;+2. The van der Waals surface area contributed by atoms with E-state index in [9.17, 15) is 0 Å². The van der Waals surface area contributed by atoms with Crippen molar-refractivity contribution in [2.45, 2.75) is 0 Å². The molecule has 0 fully saturated rings. The first-order valence-corrected chi connectivity index (χ1v) is 0.781. The number of rotatable bonds is 0. The predicted molar refractivity (Wildman–Crippen MR) is 13.8 cm³/mol. The van der Waals surface area contributed by atoms with Crippen LogP contribution in [0.1, 0.15) is 0 Å². The fraction of sp³-hybridized carbons (Fsp3) is 0. The van der Waals surface area contributed by atoms with E-state index in [0.717, 1.165) is 0 Å². The summed E-state index contributed by atoms with van der Waals surface area (Å²) in [4.78, 5) is 9.00. The van der Waals surface area contributed by atoms with Crippen molar-refractivity contribution < 1.29 is 24.3 Å². The van der Waals surface area contributed by atoms with E-state index in [1.54, 1.807) is 0 Å². The Morgan fingerprint density at radius 3 is 1.40 bits per heavy atom. The van der Waals surface area contributed by atoms with Crippen LogP contribution in [0.3, 0.4) is 0 Å². The van der Waals surface area contributed by atoms with Crippen molar-refractivity contribution in [3.8, 4) is 0 Å². The molecule has 0 aliphatic rings. The summed E-state index contributed by atoms with van der Waals surface area (Å²) < 4.78 is 0. The molecule has 0 aromatic rings. The van der Waals surface area contributed by atoms with Crippen molar-refractivity contribution in [3.63, 3.8) is 0 Å². The van der Waals surface area contributed by atoms with Gasteiger partial charge in [0.2, 0.25) is 0 Å². The minimum absolute atomic E-state index is 0. The van der Waals surface area contributed by atoms with Crippen molar-refractivity contribution in [3.05, 3.63) is 0 Å². The molecular formula is CH4N2OZn+2. The van der Waals surface area contributed by atoms with Crippen LogP contribution in [0, 0.1) is 0 Å². The maximum absolute atomic E-state index is 9.00. The summed E-state index contributed by atoms with van der Waals surface area (Å²) >= 11 is 0. The molecule has 2 amide bonds. The second kappa shape index (κ2) is 3.89. The van der Waals surface area contributed by atoms with Gasteiger partial charge in [0.15, 0.2) is 0 Å². The summed E-state index contributed by atoms with van der Waals surface area (Å²) in [6.45, 7) is 0. The summed E-state index contributed by atoms with van der Waals surface area (Å²) in [7, 11) is 0. The van der Waals surface area contributed by atoms with Gasteiger partial charge in [-0.05, 0) is 0 Å². The predicted octanol–water partition coefficient (Wildman–Crippen LogP) is -0.979. The third-order valence-corrected chi connectivity index (χ3v) is 0. The second-order valence-electron chi connectivity index (χ2n) is 0.402. The van der Waals surface area contributed by atoms with Crippen LogP contribution < -0.4 is 11.5 Å². The number of primary amides is 2. The summed E-state index contributed by atoms with van der Waals surface area (Å²) in [6.07, 6.45) is 0. The van der Waals surface area contributed by atoms with E-state index < -0.39 is 6.03 Å². The molecule has 0 aromatic carbocycles. The number of amides is 2. The van der Waals surface area contributed by atoms with Crippen LogP contribution in [0.15, 0.2) is 0 Å². The van der Waals surface area contributed by atoms with Crippen LogP contribution in [-0.4, -0.2) is 6.03 Å². The van der Waals surface area contributed by atoms with Gasteiger partial charge in [0, 0.05) is 0 Å². The normalized spacial score (nSPS) is 4.80. The minimum atomic E-state index is -0.833. The number of nitrogens with two attached hydrogens (primary N) is 2. The Bertz CT molecular complexity index is 32.6. The zero-order valence-electron chi connectivity index (χ0n) is 2.77. The Labute approximate surface area is 42.5 Å². The number of hydrogen-bond acceptors (Lipinski definition) is 1. The topological polar surface area (TPSA) is 69.1 Å². The Balaban J connectivity index is 0. The third kappa shape index (κ3) is 1230. The van der Waals surface area contributed by atoms with Crippen LogP contribution in [-0.2, 0) is 19.5 Å². The molecule has 0 spiro atoms. The molecule has 0 atom stereocenters. The quantitative estimate of drug-likeness (QED) is 0.402. The smallest absolute Gasteiger partial charge is 0.352 e. The van der Waals surface area contributed by atoms with Gasteiger partial charge in [-0.25, -0.2) is 4.79 Å². The molecule has 0 bridgehead atoms. The summed E-state index contributed by atoms with van der Waals surface area (Å²) in [6, 6.07) is -0.833. The average Bonchev–Trinajstić information content (AvgIpc) is 0.811. The molecule has 24 valence electrons. The molecule has 0 radical (unpaired) electrons. The Hall–Kier alpha value is -0.107. The Kier molecular flexibility index (Phi) is 6.90. The number of carbonyl (C=O) groups is 1. The van der Waals surface area contributed by atoms with Gasteiger partial charge in [-0.15, -0.1) is 0 Å². The van der Waals surface area contributed by atoms with E-state index in [2.05, 4.69) is 11.5 Å². The van der Waals surface area contributed by atoms with E-state index in [1.807, 2.05) is 0 Å². The zero-order valence-corrected chi connectivity index (χ0v) is 5.74. The molecular weight excluding hydrogens is 121 g/mol. The van der Waals surface area contributed by atoms with Crippen LogP contribution in [0.4, 0.5) is 4.79 Å². The van der Waals surface area contributed by atoms with Gasteiger partial charge in [-0.2, -0.15) is 0 Å². The largest absolute Gasteiger partial charge is 2.00 e. The second-order valence-corrected chi connectivity index (χ2v) is 0.402.